The fourth-order valence-corrected chi connectivity index (χ4v) is 1.56. The van der Waals surface area contributed by atoms with Gasteiger partial charge in [-0.2, -0.15) is 5.10 Å². The van der Waals surface area contributed by atoms with Crippen LogP contribution in [0, 0.1) is 0 Å². The molecule has 0 unspecified atom stereocenters. The van der Waals surface area contributed by atoms with E-state index in [0.29, 0.717) is 6.61 Å². The van der Waals surface area contributed by atoms with Gasteiger partial charge in [-0.05, 0) is 49.1 Å². The average Bonchev–Trinajstić information content (AvgIpc) is 3.30. The SMILES string of the molecule is CCCOc1ccc(/C=N/NC(=O)C(=O)NC2CC2)cc1. The van der Waals surface area contributed by atoms with Gasteiger partial charge in [-0.15, -0.1) is 0 Å². The second-order valence-corrected chi connectivity index (χ2v) is 4.86. The molecule has 6 heteroatoms. The molecule has 21 heavy (non-hydrogen) atoms. The first kappa shape index (κ1) is 15.0. The smallest absolute Gasteiger partial charge is 0.329 e. The third-order valence-electron chi connectivity index (χ3n) is 2.85. The minimum absolute atomic E-state index is 0.155. The molecular formula is C15H19N3O3. The number of ether oxygens (including phenoxy) is 1. The van der Waals surface area contributed by atoms with Crippen LogP contribution in [0.25, 0.3) is 0 Å². The minimum Gasteiger partial charge on any atom is -0.494 e. The van der Waals surface area contributed by atoms with Crippen molar-refractivity contribution in [2.45, 2.75) is 32.2 Å². The van der Waals surface area contributed by atoms with Gasteiger partial charge in [-0.3, -0.25) is 9.59 Å². The summed E-state index contributed by atoms with van der Waals surface area (Å²) < 4.78 is 5.46. The van der Waals surface area contributed by atoms with Gasteiger partial charge in [0.2, 0.25) is 0 Å². The van der Waals surface area contributed by atoms with Gasteiger partial charge in [0.25, 0.3) is 0 Å². The van der Waals surface area contributed by atoms with Crippen LogP contribution < -0.4 is 15.5 Å². The highest BCUT2D eigenvalue weighted by Gasteiger charge is 2.26. The van der Waals surface area contributed by atoms with Crippen molar-refractivity contribution in [3.05, 3.63) is 29.8 Å². The predicted octanol–water partition coefficient (Wildman–Crippen LogP) is 1.20. The number of hydrogen-bond donors (Lipinski definition) is 2. The molecule has 0 heterocycles. The highest BCUT2D eigenvalue weighted by atomic mass is 16.5. The summed E-state index contributed by atoms with van der Waals surface area (Å²) >= 11 is 0. The van der Waals surface area contributed by atoms with E-state index in [0.717, 1.165) is 30.6 Å². The van der Waals surface area contributed by atoms with E-state index in [1.807, 2.05) is 31.2 Å². The normalized spacial score (nSPS) is 14.0. The predicted molar refractivity (Wildman–Crippen MR) is 79.1 cm³/mol. The van der Waals surface area contributed by atoms with Gasteiger partial charge in [-0.1, -0.05) is 6.92 Å². The zero-order chi connectivity index (χ0) is 15.1. The molecule has 1 aliphatic rings. The van der Waals surface area contributed by atoms with Crippen LogP contribution in [0.1, 0.15) is 31.7 Å². The van der Waals surface area contributed by atoms with Crippen LogP contribution in [0.2, 0.25) is 0 Å². The van der Waals surface area contributed by atoms with Crippen LogP contribution in [-0.4, -0.2) is 30.7 Å². The van der Waals surface area contributed by atoms with Crippen molar-refractivity contribution in [3.63, 3.8) is 0 Å². The van der Waals surface area contributed by atoms with Crippen LogP contribution in [0.15, 0.2) is 29.4 Å². The van der Waals surface area contributed by atoms with Crippen molar-refractivity contribution in [2.75, 3.05) is 6.61 Å². The van der Waals surface area contributed by atoms with Crippen molar-refractivity contribution in [1.82, 2.24) is 10.7 Å². The van der Waals surface area contributed by atoms with Crippen molar-refractivity contribution >= 4 is 18.0 Å². The second kappa shape index (κ2) is 7.42. The average molecular weight is 289 g/mol. The van der Waals surface area contributed by atoms with Gasteiger partial charge in [0.05, 0.1) is 12.8 Å². The van der Waals surface area contributed by atoms with Crippen molar-refractivity contribution in [1.29, 1.82) is 0 Å². The number of nitrogens with one attached hydrogen (secondary N) is 2. The summed E-state index contributed by atoms with van der Waals surface area (Å²) in [5.41, 5.74) is 3.01. The Labute approximate surface area is 123 Å². The van der Waals surface area contributed by atoms with Crippen LogP contribution in [-0.2, 0) is 9.59 Å². The molecule has 0 spiro atoms. The Bertz CT molecular complexity index is 521. The zero-order valence-electron chi connectivity index (χ0n) is 12.0. The number of carbonyl (C=O) groups excluding carboxylic acids is 2. The first-order valence-electron chi connectivity index (χ1n) is 7.06. The Hall–Kier alpha value is -2.37. The number of hydrogen-bond acceptors (Lipinski definition) is 4. The lowest BCUT2D eigenvalue weighted by Gasteiger charge is -2.04. The van der Waals surface area contributed by atoms with E-state index in [4.69, 9.17) is 4.74 Å². The lowest BCUT2D eigenvalue weighted by atomic mass is 10.2. The standard InChI is InChI=1S/C15H19N3O3/c1-2-9-21-13-7-3-11(4-8-13)10-16-18-15(20)14(19)17-12-5-6-12/h3-4,7-8,10,12H,2,5-6,9H2,1H3,(H,17,19)(H,18,20)/b16-10+. The third kappa shape index (κ3) is 5.25. The van der Waals surface area contributed by atoms with Crippen LogP contribution >= 0.6 is 0 Å². The van der Waals surface area contributed by atoms with E-state index in [2.05, 4.69) is 15.8 Å². The molecule has 112 valence electrons. The number of amides is 2. The van der Waals surface area contributed by atoms with E-state index in [9.17, 15) is 9.59 Å². The summed E-state index contributed by atoms with van der Waals surface area (Å²) in [6, 6.07) is 7.47. The monoisotopic (exact) mass is 289 g/mol. The van der Waals surface area contributed by atoms with Crippen LogP contribution in [0.5, 0.6) is 5.75 Å². The van der Waals surface area contributed by atoms with E-state index >= 15 is 0 Å². The molecule has 0 atom stereocenters. The molecular weight excluding hydrogens is 270 g/mol. The summed E-state index contributed by atoms with van der Waals surface area (Å²) in [6.45, 7) is 2.72. The van der Waals surface area contributed by atoms with Crippen LogP contribution in [0.4, 0.5) is 0 Å². The number of nitrogens with zero attached hydrogens (tertiary/aromatic N) is 1. The summed E-state index contributed by atoms with van der Waals surface area (Å²) in [5.74, 6) is -0.596. The maximum absolute atomic E-state index is 11.4. The van der Waals surface area contributed by atoms with E-state index in [1.165, 1.54) is 6.21 Å². The molecule has 2 rings (SSSR count). The van der Waals surface area contributed by atoms with E-state index < -0.39 is 11.8 Å². The Morgan fingerprint density at radius 1 is 1.29 bits per heavy atom. The maximum Gasteiger partial charge on any atom is 0.329 e. The Morgan fingerprint density at radius 2 is 2.00 bits per heavy atom. The minimum atomic E-state index is -0.749. The Balaban J connectivity index is 1.77. The van der Waals surface area contributed by atoms with Crippen molar-refractivity contribution < 1.29 is 14.3 Å². The number of hydrazone groups is 1. The molecule has 0 saturated heterocycles. The van der Waals surface area contributed by atoms with Gasteiger partial charge in [-0.25, -0.2) is 5.43 Å². The van der Waals surface area contributed by atoms with E-state index in [1.54, 1.807) is 0 Å². The van der Waals surface area contributed by atoms with Gasteiger partial charge in [0, 0.05) is 6.04 Å². The van der Waals surface area contributed by atoms with Gasteiger partial charge < -0.3 is 10.1 Å². The first-order chi connectivity index (χ1) is 10.2. The summed E-state index contributed by atoms with van der Waals surface area (Å²) in [6.07, 6.45) is 4.31. The lowest BCUT2D eigenvalue weighted by Crippen LogP contribution is -2.38. The molecule has 1 aromatic carbocycles. The molecule has 0 radical (unpaired) electrons. The highest BCUT2D eigenvalue weighted by molar-refractivity contribution is 6.35. The molecule has 0 bridgehead atoms. The molecule has 0 aliphatic heterocycles. The molecule has 0 aromatic heterocycles. The van der Waals surface area contributed by atoms with Crippen molar-refractivity contribution in [3.8, 4) is 5.75 Å². The highest BCUT2D eigenvalue weighted by Crippen LogP contribution is 2.18. The Morgan fingerprint density at radius 3 is 2.62 bits per heavy atom. The van der Waals surface area contributed by atoms with Crippen LogP contribution in [0.3, 0.4) is 0 Å². The fraction of sp³-hybridized carbons (Fsp3) is 0.400. The lowest BCUT2D eigenvalue weighted by molar-refractivity contribution is -0.139. The van der Waals surface area contributed by atoms with Crippen molar-refractivity contribution in [2.24, 2.45) is 5.10 Å². The largest absolute Gasteiger partial charge is 0.494 e. The van der Waals surface area contributed by atoms with Gasteiger partial charge >= 0.3 is 11.8 Å². The molecule has 1 aliphatic carbocycles. The molecule has 1 saturated carbocycles. The van der Waals surface area contributed by atoms with Gasteiger partial charge in [0.1, 0.15) is 5.75 Å². The zero-order valence-corrected chi connectivity index (χ0v) is 12.0. The molecule has 6 nitrogen and oxygen atoms in total. The molecule has 1 aromatic rings. The van der Waals surface area contributed by atoms with E-state index in [-0.39, 0.29) is 6.04 Å². The molecule has 2 amide bonds. The second-order valence-electron chi connectivity index (χ2n) is 4.86. The molecule has 1 fully saturated rings. The summed E-state index contributed by atoms with van der Waals surface area (Å²) in [7, 11) is 0. The third-order valence-corrected chi connectivity index (χ3v) is 2.85. The number of carbonyl (C=O) groups is 2. The Kier molecular flexibility index (Phi) is 5.31. The first-order valence-corrected chi connectivity index (χ1v) is 7.06. The molecule has 2 N–H and O–H groups in total. The number of benzene rings is 1. The van der Waals surface area contributed by atoms with Gasteiger partial charge in [0.15, 0.2) is 0 Å². The quantitative estimate of drug-likeness (QED) is 0.469. The summed E-state index contributed by atoms with van der Waals surface area (Å²) in [4.78, 5) is 22.8. The maximum atomic E-state index is 11.4. The topological polar surface area (TPSA) is 79.8 Å². The number of rotatable bonds is 6. The summed E-state index contributed by atoms with van der Waals surface area (Å²) in [5, 5.41) is 6.34. The fourth-order valence-electron chi connectivity index (χ4n) is 1.56.